The lowest BCUT2D eigenvalue weighted by Gasteiger charge is -2.33. The second-order valence-electron chi connectivity index (χ2n) is 6.85. The summed E-state index contributed by atoms with van der Waals surface area (Å²) >= 11 is 0. The van der Waals surface area contributed by atoms with Gasteiger partial charge >= 0.3 is 5.78 Å². The predicted molar refractivity (Wildman–Crippen MR) is 101 cm³/mol. The molecule has 1 amide bonds. The number of aryl methyl sites for hydroxylation is 1. The Hall–Kier alpha value is -2.84. The number of fused-ring (bicyclic) bond motifs is 2. The van der Waals surface area contributed by atoms with Crippen molar-refractivity contribution in [2.45, 2.75) is 18.8 Å². The van der Waals surface area contributed by atoms with Crippen molar-refractivity contribution < 1.29 is 23.4 Å². The number of rotatable bonds is 2. The lowest BCUT2D eigenvalue weighted by molar-refractivity contribution is -0.104. The minimum Gasteiger partial charge on any atom is -0.420 e. The van der Waals surface area contributed by atoms with Crippen LogP contribution in [0.25, 0.3) is 5.78 Å². The van der Waals surface area contributed by atoms with Crippen molar-refractivity contribution in [2.75, 3.05) is 19.7 Å². The minimum absolute atomic E-state index is 0.187. The molecule has 3 aromatic rings. The number of carbonyl (C=O) groups excluding carboxylic acids is 1. The zero-order valence-electron chi connectivity index (χ0n) is 15.4. The van der Waals surface area contributed by atoms with E-state index in [0.717, 1.165) is 11.4 Å². The summed E-state index contributed by atoms with van der Waals surface area (Å²) in [7, 11) is 1.84. The van der Waals surface area contributed by atoms with Crippen molar-refractivity contribution >= 4 is 20.9 Å². The molecule has 0 bridgehead atoms. The van der Waals surface area contributed by atoms with Gasteiger partial charge in [0.05, 0.1) is 18.8 Å². The molecule has 0 N–H and O–H groups in total. The molecule has 5 rings (SSSR count). The van der Waals surface area contributed by atoms with Crippen LogP contribution >= 0.6 is 9.24 Å². The SMILES string of the molecule is Cc1cc(C2CN(C(=O)c3ccc4c(c3)OC(F)(P)O4)CCO2)n2ncnc2n1. The standard InChI is InChI=1S/C18H17FN5O4P/c1-10-6-12(24-17(22-10)20-9-21-24)15-8-23(4-5-26-15)16(25)11-2-3-13-14(7-11)28-18(19,29)27-13/h2-3,6-7,9,15H,4-5,8,29H2,1H3. The Morgan fingerprint density at radius 2 is 2.14 bits per heavy atom. The van der Waals surface area contributed by atoms with Crippen molar-refractivity contribution in [2.24, 2.45) is 0 Å². The zero-order valence-corrected chi connectivity index (χ0v) is 16.6. The highest BCUT2D eigenvalue weighted by molar-refractivity contribution is 7.18. The van der Waals surface area contributed by atoms with Gasteiger partial charge in [-0.1, -0.05) is 0 Å². The normalized spacial score (nSPS) is 23.6. The van der Waals surface area contributed by atoms with Crippen molar-refractivity contribution in [3.63, 3.8) is 0 Å². The number of aromatic nitrogens is 4. The van der Waals surface area contributed by atoms with Gasteiger partial charge in [0, 0.05) is 17.8 Å². The van der Waals surface area contributed by atoms with Gasteiger partial charge in [0.15, 0.2) is 11.5 Å². The Bertz CT molecular complexity index is 1120. The van der Waals surface area contributed by atoms with Crippen LogP contribution in [0.15, 0.2) is 30.6 Å². The second kappa shape index (κ2) is 6.60. The number of amides is 1. The molecule has 11 heteroatoms. The van der Waals surface area contributed by atoms with Crippen LogP contribution < -0.4 is 9.47 Å². The molecule has 150 valence electrons. The third kappa shape index (κ3) is 3.28. The van der Waals surface area contributed by atoms with Gasteiger partial charge in [-0.15, -0.1) is 0 Å². The summed E-state index contributed by atoms with van der Waals surface area (Å²) in [5.74, 6) is -1.59. The van der Waals surface area contributed by atoms with Crippen LogP contribution in [0.5, 0.6) is 11.5 Å². The highest BCUT2D eigenvalue weighted by atomic mass is 31.0. The molecule has 1 fully saturated rings. The Balaban J connectivity index is 1.40. The number of benzene rings is 1. The average molecular weight is 417 g/mol. The van der Waals surface area contributed by atoms with Gasteiger partial charge in [0.2, 0.25) is 0 Å². The van der Waals surface area contributed by atoms with Crippen molar-refractivity contribution in [3.05, 3.63) is 47.5 Å². The van der Waals surface area contributed by atoms with E-state index in [1.54, 1.807) is 15.5 Å². The van der Waals surface area contributed by atoms with E-state index in [-0.39, 0.29) is 23.5 Å². The van der Waals surface area contributed by atoms with Gasteiger partial charge in [-0.25, -0.2) is 4.98 Å². The third-order valence-electron chi connectivity index (χ3n) is 4.78. The monoisotopic (exact) mass is 417 g/mol. The van der Waals surface area contributed by atoms with E-state index >= 15 is 0 Å². The summed E-state index contributed by atoms with van der Waals surface area (Å²) in [6, 6.07) is 6.48. The Morgan fingerprint density at radius 1 is 1.31 bits per heavy atom. The first kappa shape index (κ1) is 18.2. The van der Waals surface area contributed by atoms with Gasteiger partial charge in [0.25, 0.3) is 11.7 Å². The van der Waals surface area contributed by atoms with Crippen LogP contribution in [0.2, 0.25) is 0 Å². The summed E-state index contributed by atoms with van der Waals surface area (Å²) in [4.78, 5) is 23.2. The van der Waals surface area contributed by atoms with Crippen LogP contribution in [0.3, 0.4) is 0 Å². The Morgan fingerprint density at radius 3 is 3.00 bits per heavy atom. The molecule has 0 aliphatic carbocycles. The fourth-order valence-corrected chi connectivity index (χ4v) is 3.76. The molecule has 0 radical (unpaired) electrons. The van der Waals surface area contributed by atoms with E-state index in [9.17, 15) is 9.18 Å². The van der Waals surface area contributed by atoms with E-state index in [1.807, 2.05) is 22.2 Å². The third-order valence-corrected chi connectivity index (χ3v) is 5.02. The summed E-state index contributed by atoms with van der Waals surface area (Å²) in [5, 5.41) is 4.21. The van der Waals surface area contributed by atoms with Crippen molar-refractivity contribution in [3.8, 4) is 11.5 Å². The van der Waals surface area contributed by atoms with Crippen LogP contribution in [0, 0.1) is 6.92 Å². The maximum Gasteiger partial charge on any atom is 0.418 e. The van der Waals surface area contributed by atoms with Gasteiger partial charge in [-0.2, -0.15) is 19.0 Å². The molecule has 1 aromatic carbocycles. The first-order chi connectivity index (χ1) is 13.9. The highest BCUT2D eigenvalue weighted by Gasteiger charge is 2.38. The Labute approximate surface area is 167 Å². The number of hydrogen-bond acceptors (Lipinski definition) is 7. The lowest BCUT2D eigenvalue weighted by atomic mass is 10.1. The molecule has 0 spiro atoms. The molecule has 4 heterocycles. The van der Waals surface area contributed by atoms with Crippen LogP contribution in [0.1, 0.15) is 27.8 Å². The fourth-order valence-electron chi connectivity index (χ4n) is 3.51. The summed E-state index contributed by atoms with van der Waals surface area (Å²) in [6.45, 7) is 3.01. The molecule has 3 unspecified atom stereocenters. The number of carbonyl (C=O) groups is 1. The molecule has 29 heavy (non-hydrogen) atoms. The minimum atomic E-state index is -2.31. The number of hydrogen-bond donors (Lipinski definition) is 0. The van der Waals surface area contributed by atoms with Crippen LogP contribution in [-0.4, -0.2) is 55.9 Å². The van der Waals surface area contributed by atoms with E-state index in [2.05, 4.69) is 15.1 Å². The van der Waals surface area contributed by atoms with Gasteiger partial charge in [0.1, 0.15) is 12.4 Å². The first-order valence-electron chi connectivity index (χ1n) is 8.98. The quantitative estimate of drug-likeness (QED) is 0.588. The van der Waals surface area contributed by atoms with Gasteiger partial charge in [-0.3, -0.25) is 4.79 Å². The van der Waals surface area contributed by atoms with Crippen LogP contribution in [0.4, 0.5) is 4.39 Å². The number of nitrogens with zero attached hydrogens (tertiary/aromatic N) is 5. The topological polar surface area (TPSA) is 91.1 Å². The molecule has 9 nitrogen and oxygen atoms in total. The molecule has 2 aromatic heterocycles. The van der Waals surface area contributed by atoms with E-state index < -0.39 is 5.78 Å². The number of morpholine rings is 1. The maximum absolute atomic E-state index is 13.9. The molecular formula is C18H17FN5O4P. The van der Waals surface area contributed by atoms with E-state index in [0.29, 0.717) is 31.0 Å². The Kier molecular flexibility index (Phi) is 4.15. The smallest absolute Gasteiger partial charge is 0.418 e. The van der Waals surface area contributed by atoms with E-state index in [1.165, 1.54) is 18.5 Å². The molecule has 3 atom stereocenters. The number of ether oxygens (including phenoxy) is 3. The van der Waals surface area contributed by atoms with Gasteiger partial charge < -0.3 is 19.1 Å². The fraction of sp³-hybridized carbons (Fsp3) is 0.333. The lowest BCUT2D eigenvalue weighted by Crippen LogP contribution is -2.42. The molecule has 0 saturated carbocycles. The first-order valence-corrected chi connectivity index (χ1v) is 9.55. The zero-order chi connectivity index (χ0) is 20.2. The molecule has 1 saturated heterocycles. The summed E-state index contributed by atoms with van der Waals surface area (Å²) in [5.41, 5.74) is 1.95. The van der Waals surface area contributed by atoms with Crippen molar-refractivity contribution in [1.82, 2.24) is 24.5 Å². The average Bonchev–Trinajstić information content (AvgIpc) is 3.28. The predicted octanol–water partition coefficient (Wildman–Crippen LogP) is 1.87. The number of alkyl halides is 1. The van der Waals surface area contributed by atoms with Crippen molar-refractivity contribution in [1.29, 1.82) is 0 Å². The molecule has 2 aliphatic rings. The number of halogens is 1. The highest BCUT2D eigenvalue weighted by Crippen LogP contribution is 2.43. The van der Waals surface area contributed by atoms with E-state index in [4.69, 9.17) is 14.2 Å². The summed E-state index contributed by atoms with van der Waals surface area (Å²) in [6.07, 6.45) is 1.05. The molecular weight excluding hydrogens is 400 g/mol. The van der Waals surface area contributed by atoms with Gasteiger partial charge in [-0.05, 0) is 40.4 Å². The maximum atomic E-state index is 13.9. The largest absolute Gasteiger partial charge is 0.420 e. The second-order valence-corrected chi connectivity index (χ2v) is 7.54. The summed E-state index contributed by atoms with van der Waals surface area (Å²) < 4.78 is 31.4. The van der Waals surface area contributed by atoms with Crippen LogP contribution in [-0.2, 0) is 4.74 Å². The molecule has 2 aliphatic heterocycles.